The number of carbonyl (C=O) groups excluding carboxylic acids is 1. The molecule has 6 heteroatoms. The van der Waals surface area contributed by atoms with Crippen molar-refractivity contribution in [2.24, 2.45) is 0 Å². The predicted octanol–water partition coefficient (Wildman–Crippen LogP) is 3.98. The number of methoxy groups -OCH3 is 1. The Morgan fingerprint density at radius 1 is 1.11 bits per heavy atom. The number of hydrogen-bond acceptors (Lipinski definition) is 4. The van der Waals surface area contributed by atoms with Crippen molar-refractivity contribution in [3.05, 3.63) is 71.9 Å². The Kier molecular flexibility index (Phi) is 6.45. The number of ether oxygens (including phenoxy) is 2. The van der Waals surface area contributed by atoms with Crippen LogP contribution in [0.3, 0.4) is 0 Å². The first-order valence-corrected chi connectivity index (χ1v) is 9.25. The Labute approximate surface area is 164 Å². The average Bonchev–Trinajstić information content (AvgIpc) is 3.21. The van der Waals surface area contributed by atoms with Crippen LogP contribution in [0, 0.1) is 0 Å². The number of para-hydroxylation sites is 1. The molecule has 2 N–H and O–H groups in total. The van der Waals surface area contributed by atoms with Gasteiger partial charge in [0.25, 0.3) is 5.91 Å². The fourth-order valence-corrected chi connectivity index (χ4v) is 3.06. The normalized spacial score (nSPS) is 12.0. The Hall–Kier alpha value is -3.12. The van der Waals surface area contributed by atoms with Crippen LogP contribution in [0.5, 0.6) is 5.75 Å². The summed E-state index contributed by atoms with van der Waals surface area (Å²) >= 11 is 0. The summed E-state index contributed by atoms with van der Waals surface area (Å²) < 4.78 is 11.5. The summed E-state index contributed by atoms with van der Waals surface area (Å²) in [6.45, 7) is 4.25. The van der Waals surface area contributed by atoms with Crippen molar-refractivity contribution in [2.75, 3.05) is 13.7 Å². The highest BCUT2D eigenvalue weighted by Crippen LogP contribution is 2.28. The third-order valence-corrected chi connectivity index (χ3v) is 4.32. The number of hydrogen-bond donors (Lipinski definition) is 2. The highest BCUT2D eigenvalue weighted by atomic mass is 16.5. The molecule has 3 aromatic rings. The molecule has 0 aliphatic rings. The minimum atomic E-state index is -0.327. The van der Waals surface area contributed by atoms with Crippen molar-refractivity contribution < 1.29 is 14.3 Å². The largest absolute Gasteiger partial charge is 0.496 e. The lowest BCUT2D eigenvalue weighted by Crippen LogP contribution is -2.30. The van der Waals surface area contributed by atoms with E-state index < -0.39 is 0 Å². The van der Waals surface area contributed by atoms with Crippen LogP contribution in [-0.4, -0.2) is 35.9 Å². The van der Waals surface area contributed by atoms with Crippen LogP contribution in [0.25, 0.3) is 11.3 Å². The first-order valence-electron chi connectivity index (χ1n) is 9.25. The second kappa shape index (κ2) is 9.19. The lowest BCUT2D eigenvalue weighted by Gasteiger charge is -2.23. The molecule has 1 unspecified atom stereocenters. The van der Waals surface area contributed by atoms with Gasteiger partial charge < -0.3 is 14.8 Å². The van der Waals surface area contributed by atoms with Crippen LogP contribution in [0.4, 0.5) is 0 Å². The molecule has 146 valence electrons. The quantitative estimate of drug-likeness (QED) is 0.621. The van der Waals surface area contributed by atoms with Crippen molar-refractivity contribution in [3.8, 4) is 17.0 Å². The molecule has 0 saturated heterocycles. The Balaban J connectivity index is 1.77. The summed E-state index contributed by atoms with van der Waals surface area (Å²) in [5.74, 6) is 0.524. The molecule has 28 heavy (non-hydrogen) atoms. The van der Waals surface area contributed by atoms with Gasteiger partial charge in [0.05, 0.1) is 30.7 Å². The van der Waals surface area contributed by atoms with E-state index in [9.17, 15) is 4.79 Å². The molecule has 6 nitrogen and oxygen atoms in total. The summed E-state index contributed by atoms with van der Waals surface area (Å²) in [4.78, 5) is 12.8. The molecular formula is C22H25N3O3. The van der Waals surface area contributed by atoms with Crippen LogP contribution in [0.15, 0.2) is 60.8 Å². The second-order valence-electron chi connectivity index (χ2n) is 6.65. The van der Waals surface area contributed by atoms with Gasteiger partial charge >= 0.3 is 0 Å². The van der Waals surface area contributed by atoms with E-state index in [0.29, 0.717) is 17.8 Å². The van der Waals surface area contributed by atoms with Gasteiger partial charge in [0, 0.05) is 17.7 Å². The molecule has 0 aliphatic carbocycles. The fraction of sp³-hybridized carbons (Fsp3) is 0.273. The molecule has 1 atom stereocenters. The van der Waals surface area contributed by atoms with Gasteiger partial charge in [-0.2, -0.15) is 5.10 Å². The van der Waals surface area contributed by atoms with Gasteiger partial charge in [-0.3, -0.25) is 9.89 Å². The highest BCUT2D eigenvalue weighted by molar-refractivity contribution is 5.99. The van der Waals surface area contributed by atoms with Crippen LogP contribution in [-0.2, 0) is 4.74 Å². The smallest absolute Gasteiger partial charge is 0.255 e. The number of nitrogens with zero attached hydrogens (tertiary/aromatic N) is 1. The first kappa shape index (κ1) is 19.6. The van der Waals surface area contributed by atoms with E-state index in [0.717, 1.165) is 16.9 Å². The minimum absolute atomic E-state index is 0.000573. The summed E-state index contributed by atoms with van der Waals surface area (Å²) in [6.07, 6.45) is 1.21. The Morgan fingerprint density at radius 2 is 1.82 bits per heavy atom. The summed E-state index contributed by atoms with van der Waals surface area (Å²) in [5, 5.41) is 9.93. The summed E-state index contributed by atoms with van der Waals surface area (Å²) in [5.41, 5.74) is 2.99. The van der Waals surface area contributed by atoms with E-state index >= 15 is 0 Å². The zero-order valence-corrected chi connectivity index (χ0v) is 16.3. The van der Waals surface area contributed by atoms with Crippen molar-refractivity contribution in [2.45, 2.75) is 26.1 Å². The van der Waals surface area contributed by atoms with E-state index in [2.05, 4.69) is 15.5 Å². The van der Waals surface area contributed by atoms with E-state index in [1.165, 1.54) is 0 Å². The van der Waals surface area contributed by atoms with Gasteiger partial charge in [-0.25, -0.2) is 0 Å². The van der Waals surface area contributed by atoms with Crippen molar-refractivity contribution in [3.63, 3.8) is 0 Å². The van der Waals surface area contributed by atoms with Gasteiger partial charge in [0.1, 0.15) is 11.9 Å². The molecule has 1 heterocycles. The molecule has 3 rings (SSSR count). The number of nitrogens with one attached hydrogen (secondary N) is 2. The lowest BCUT2D eigenvalue weighted by atomic mass is 10.1. The molecular weight excluding hydrogens is 354 g/mol. The van der Waals surface area contributed by atoms with Gasteiger partial charge in [-0.05, 0) is 19.9 Å². The topological polar surface area (TPSA) is 76.2 Å². The number of aromatic nitrogens is 2. The van der Waals surface area contributed by atoms with Crippen LogP contribution < -0.4 is 10.1 Å². The van der Waals surface area contributed by atoms with E-state index in [1.807, 2.05) is 68.4 Å². The number of rotatable bonds is 8. The van der Waals surface area contributed by atoms with E-state index in [1.54, 1.807) is 13.3 Å². The SMILES string of the molecule is COc1ccccc1C(CNC(=O)c1cn[nH]c1-c1ccccc1)OC(C)C. The third kappa shape index (κ3) is 4.58. The molecule has 1 amide bonds. The van der Waals surface area contributed by atoms with E-state index in [4.69, 9.17) is 9.47 Å². The van der Waals surface area contributed by atoms with E-state index in [-0.39, 0.29) is 18.1 Å². The first-order chi connectivity index (χ1) is 13.6. The number of aromatic amines is 1. The summed E-state index contributed by atoms with van der Waals surface area (Å²) in [6, 6.07) is 17.3. The zero-order chi connectivity index (χ0) is 19.9. The molecule has 0 fully saturated rings. The predicted molar refractivity (Wildman–Crippen MR) is 108 cm³/mol. The molecule has 2 aromatic carbocycles. The van der Waals surface area contributed by atoms with Gasteiger partial charge in [-0.15, -0.1) is 0 Å². The second-order valence-corrected chi connectivity index (χ2v) is 6.65. The number of carbonyl (C=O) groups is 1. The molecule has 1 aromatic heterocycles. The summed E-state index contributed by atoms with van der Waals surface area (Å²) in [7, 11) is 1.63. The molecule has 0 bridgehead atoms. The monoisotopic (exact) mass is 379 g/mol. The lowest BCUT2D eigenvalue weighted by molar-refractivity contribution is 0.00612. The van der Waals surface area contributed by atoms with Gasteiger partial charge in [0.2, 0.25) is 0 Å². The van der Waals surface area contributed by atoms with Crippen LogP contribution >= 0.6 is 0 Å². The average molecular weight is 379 g/mol. The maximum atomic E-state index is 12.8. The zero-order valence-electron chi connectivity index (χ0n) is 16.3. The molecule has 0 aliphatic heterocycles. The minimum Gasteiger partial charge on any atom is -0.496 e. The fourth-order valence-electron chi connectivity index (χ4n) is 3.06. The number of H-pyrrole nitrogens is 1. The Morgan fingerprint density at radius 3 is 2.54 bits per heavy atom. The Bertz CT molecular complexity index is 906. The van der Waals surface area contributed by atoms with Crippen molar-refractivity contribution >= 4 is 5.91 Å². The number of benzene rings is 2. The van der Waals surface area contributed by atoms with Gasteiger partial charge in [-0.1, -0.05) is 48.5 Å². The maximum absolute atomic E-state index is 12.8. The van der Waals surface area contributed by atoms with Crippen LogP contribution in [0.2, 0.25) is 0 Å². The highest BCUT2D eigenvalue weighted by Gasteiger charge is 2.21. The van der Waals surface area contributed by atoms with Crippen LogP contribution in [0.1, 0.15) is 35.9 Å². The third-order valence-electron chi connectivity index (χ3n) is 4.32. The molecule has 0 saturated carbocycles. The van der Waals surface area contributed by atoms with Crippen molar-refractivity contribution in [1.82, 2.24) is 15.5 Å². The standard InChI is InChI=1S/C22H25N3O3/c1-15(2)28-20(17-11-7-8-12-19(17)27-3)14-23-22(26)18-13-24-25-21(18)16-9-5-4-6-10-16/h4-13,15,20H,14H2,1-3H3,(H,23,26)(H,24,25). The van der Waals surface area contributed by atoms with Gasteiger partial charge in [0.15, 0.2) is 0 Å². The maximum Gasteiger partial charge on any atom is 0.255 e. The molecule has 0 radical (unpaired) electrons. The molecule has 0 spiro atoms. The number of amides is 1. The van der Waals surface area contributed by atoms with Crippen molar-refractivity contribution in [1.29, 1.82) is 0 Å².